The summed E-state index contributed by atoms with van der Waals surface area (Å²) >= 11 is 1.86. The third-order valence-corrected chi connectivity index (χ3v) is 11.6. The second-order valence-corrected chi connectivity index (χ2v) is 14.0. The summed E-state index contributed by atoms with van der Waals surface area (Å²) in [7, 11) is 0. The lowest BCUT2D eigenvalue weighted by Crippen LogP contribution is -2.37. The first kappa shape index (κ1) is 27.0. The van der Waals surface area contributed by atoms with Gasteiger partial charge in [0.1, 0.15) is 0 Å². The van der Waals surface area contributed by atoms with Crippen molar-refractivity contribution in [2.45, 2.75) is 15.2 Å². The molecule has 11 rings (SSSR count). The average Bonchev–Trinajstić information content (AvgIpc) is 3.51. The Hall–Kier alpha value is -5.97. The first-order valence-corrected chi connectivity index (χ1v) is 17.5. The van der Waals surface area contributed by atoms with Gasteiger partial charge < -0.3 is 4.57 Å². The standard InChI is InChI=1S/C45H27N3S/c1-2-13-28(14-3-1)42-32-16-4-8-21-37(32)46-44(47-42)29-25-26-41-36(27-29)45(34-19-7-11-24-40(34)49-41)33-18-6-10-23-39(33)48-38-22-9-5-15-30(38)31-17-12-20-35(45)43(31)48/h1-27H. The minimum absolute atomic E-state index is 0.549. The zero-order valence-electron chi connectivity index (χ0n) is 26.3. The molecule has 0 fully saturated rings. The van der Waals surface area contributed by atoms with Crippen molar-refractivity contribution >= 4 is 44.5 Å². The number of fused-ring (bicyclic) bond motifs is 12. The summed E-state index contributed by atoms with van der Waals surface area (Å²) in [6.07, 6.45) is 0. The fourth-order valence-electron chi connectivity index (χ4n) is 8.48. The van der Waals surface area contributed by atoms with Crippen molar-refractivity contribution in [3.8, 4) is 28.3 Å². The molecule has 0 aliphatic carbocycles. The maximum Gasteiger partial charge on any atom is 0.160 e. The highest BCUT2D eigenvalue weighted by molar-refractivity contribution is 7.99. The van der Waals surface area contributed by atoms with E-state index in [1.165, 1.54) is 59.5 Å². The minimum Gasteiger partial charge on any atom is -0.309 e. The van der Waals surface area contributed by atoms with Gasteiger partial charge in [0, 0.05) is 37.1 Å². The fraction of sp³-hybridized carbons (Fsp3) is 0.0222. The van der Waals surface area contributed by atoms with Crippen LogP contribution < -0.4 is 0 Å². The van der Waals surface area contributed by atoms with Crippen molar-refractivity contribution in [3.63, 3.8) is 0 Å². The Morgan fingerprint density at radius 3 is 2.08 bits per heavy atom. The van der Waals surface area contributed by atoms with Crippen molar-refractivity contribution in [2.24, 2.45) is 0 Å². The molecular weight excluding hydrogens is 615 g/mol. The molecule has 9 aromatic rings. The summed E-state index contributed by atoms with van der Waals surface area (Å²) in [6, 6.07) is 59.4. The monoisotopic (exact) mass is 641 g/mol. The van der Waals surface area contributed by atoms with Crippen molar-refractivity contribution in [1.29, 1.82) is 0 Å². The van der Waals surface area contributed by atoms with Gasteiger partial charge in [-0.1, -0.05) is 139 Å². The van der Waals surface area contributed by atoms with Crippen LogP contribution >= 0.6 is 11.8 Å². The number of nitrogens with zero attached hydrogens (tertiary/aromatic N) is 3. The van der Waals surface area contributed by atoms with Crippen LogP contribution in [0.1, 0.15) is 22.3 Å². The largest absolute Gasteiger partial charge is 0.309 e. The van der Waals surface area contributed by atoms with E-state index in [1.807, 2.05) is 17.8 Å². The molecule has 2 aromatic heterocycles. The van der Waals surface area contributed by atoms with Gasteiger partial charge in [-0.3, -0.25) is 0 Å². The molecule has 0 radical (unpaired) electrons. The summed E-state index contributed by atoms with van der Waals surface area (Å²) in [6.45, 7) is 0. The van der Waals surface area contributed by atoms with Gasteiger partial charge in [-0.15, -0.1) is 0 Å². The first-order valence-electron chi connectivity index (χ1n) is 16.7. The van der Waals surface area contributed by atoms with Crippen LogP contribution in [0.3, 0.4) is 0 Å². The summed E-state index contributed by atoms with van der Waals surface area (Å²) in [5, 5.41) is 3.61. The van der Waals surface area contributed by atoms with Gasteiger partial charge in [-0.2, -0.15) is 0 Å². The van der Waals surface area contributed by atoms with E-state index >= 15 is 0 Å². The molecule has 1 unspecified atom stereocenters. The molecule has 1 atom stereocenters. The maximum absolute atomic E-state index is 5.29. The average molecular weight is 642 g/mol. The number of para-hydroxylation sites is 4. The van der Waals surface area contributed by atoms with Crippen LogP contribution in [0.2, 0.25) is 0 Å². The number of hydrogen-bond acceptors (Lipinski definition) is 3. The molecule has 2 aliphatic heterocycles. The van der Waals surface area contributed by atoms with Gasteiger partial charge in [0.25, 0.3) is 0 Å². The molecule has 0 N–H and O–H groups in total. The molecule has 4 heteroatoms. The van der Waals surface area contributed by atoms with Crippen LogP contribution in [-0.2, 0) is 5.41 Å². The van der Waals surface area contributed by atoms with E-state index in [0.29, 0.717) is 0 Å². The SMILES string of the molecule is c1ccc(-c2nc(-c3ccc4c(c3)C3(c5ccccc5S4)c4ccccc4-n4c5ccccc5c5cccc3c54)nc3ccccc23)cc1. The van der Waals surface area contributed by atoms with Crippen molar-refractivity contribution in [1.82, 2.24) is 14.5 Å². The Labute approximate surface area is 287 Å². The zero-order chi connectivity index (χ0) is 32.1. The van der Waals surface area contributed by atoms with Gasteiger partial charge in [-0.05, 0) is 58.7 Å². The third kappa shape index (κ3) is 3.59. The predicted octanol–water partition coefficient (Wildman–Crippen LogP) is 11.2. The molecule has 228 valence electrons. The van der Waals surface area contributed by atoms with E-state index in [2.05, 4.69) is 162 Å². The Kier molecular flexibility index (Phi) is 5.53. The Balaban J connectivity index is 1.26. The van der Waals surface area contributed by atoms with E-state index < -0.39 is 5.41 Å². The maximum atomic E-state index is 5.29. The van der Waals surface area contributed by atoms with E-state index in [1.54, 1.807) is 0 Å². The molecule has 1 spiro atoms. The van der Waals surface area contributed by atoms with Crippen LogP contribution in [0.15, 0.2) is 174 Å². The summed E-state index contributed by atoms with van der Waals surface area (Å²) in [5.41, 5.74) is 12.3. The predicted molar refractivity (Wildman–Crippen MR) is 201 cm³/mol. The van der Waals surface area contributed by atoms with Gasteiger partial charge in [-0.25, -0.2) is 9.97 Å². The second-order valence-electron chi connectivity index (χ2n) is 12.9. The van der Waals surface area contributed by atoms with E-state index in [0.717, 1.165) is 33.5 Å². The molecule has 0 saturated heterocycles. The first-order chi connectivity index (χ1) is 24.3. The molecule has 3 nitrogen and oxygen atoms in total. The lowest BCUT2D eigenvalue weighted by atomic mass is 9.62. The van der Waals surface area contributed by atoms with Crippen molar-refractivity contribution < 1.29 is 0 Å². The smallest absolute Gasteiger partial charge is 0.160 e. The second kappa shape index (κ2) is 10.0. The van der Waals surface area contributed by atoms with Gasteiger partial charge in [0.05, 0.1) is 33.3 Å². The highest BCUT2D eigenvalue weighted by Gasteiger charge is 2.49. The van der Waals surface area contributed by atoms with Crippen LogP contribution in [0.25, 0.3) is 61.0 Å². The van der Waals surface area contributed by atoms with Crippen LogP contribution in [0.4, 0.5) is 0 Å². The Morgan fingerprint density at radius 2 is 1.16 bits per heavy atom. The zero-order valence-corrected chi connectivity index (χ0v) is 27.2. The topological polar surface area (TPSA) is 30.7 Å². The lowest BCUT2D eigenvalue weighted by Gasteiger charge is -2.45. The summed E-state index contributed by atoms with van der Waals surface area (Å²) < 4.78 is 2.49. The quantitative estimate of drug-likeness (QED) is 0.188. The van der Waals surface area contributed by atoms with Gasteiger partial charge in [0.15, 0.2) is 5.82 Å². The van der Waals surface area contributed by atoms with E-state index in [-0.39, 0.29) is 0 Å². The highest BCUT2D eigenvalue weighted by atomic mass is 32.2. The highest BCUT2D eigenvalue weighted by Crippen LogP contribution is 2.60. The number of rotatable bonds is 2. The third-order valence-electron chi connectivity index (χ3n) is 10.5. The molecule has 49 heavy (non-hydrogen) atoms. The number of benzene rings is 7. The van der Waals surface area contributed by atoms with Crippen LogP contribution in [-0.4, -0.2) is 14.5 Å². The Morgan fingerprint density at radius 1 is 0.469 bits per heavy atom. The van der Waals surface area contributed by atoms with Gasteiger partial charge >= 0.3 is 0 Å². The number of hydrogen-bond donors (Lipinski definition) is 0. The van der Waals surface area contributed by atoms with Gasteiger partial charge in [0.2, 0.25) is 0 Å². The van der Waals surface area contributed by atoms with Crippen molar-refractivity contribution in [3.05, 3.63) is 186 Å². The molecule has 0 amide bonds. The Bertz CT molecular complexity index is 2820. The molecule has 0 bridgehead atoms. The lowest BCUT2D eigenvalue weighted by molar-refractivity contribution is 0.690. The minimum atomic E-state index is -0.549. The van der Waals surface area contributed by atoms with Crippen molar-refractivity contribution in [2.75, 3.05) is 0 Å². The fourth-order valence-corrected chi connectivity index (χ4v) is 9.66. The summed E-state index contributed by atoms with van der Waals surface area (Å²) in [5.74, 6) is 0.732. The van der Waals surface area contributed by atoms with Crippen LogP contribution in [0.5, 0.6) is 0 Å². The molecule has 7 aromatic carbocycles. The molecule has 4 heterocycles. The molecule has 0 saturated carbocycles. The number of aromatic nitrogens is 3. The van der Waals surface area contributed by atoms with E-state index in [9.17, 15) is 0 Å². The van der Waals surface area contributed by atoms with Crippen LogP contribution in [0, 0.1) is 0 Å². The van der Waals surface area contributed by atoms with E-state index in [4.69, 9.17) is 9.97 Å². The normalized spacial score (nSPS) is 15.8. The molecule has 2 aliphatic rings. The molecular formula is C45H27N3S. The summed E-state index contributed by atoms with van der Waals surface area (Å²) in [4.78, 5) is 13.0.